The molecule has 0 N–H and O–H groups in total. The number of ether oxygens (including phenoxy) is 1. The highest BCUT2D eigenvalue weighted by atomic mass is 35.5. The predicted molar refractivity (Wildman–Crippen MR) is 57.3 cm³/mol. The molecule has 1 nitrogen and oxygen atoms in total. The first kappa shape index (κ1) is 11.3. The van der Waals surface area contributed by atoms with Crippen molar-refractivity contribution >= 4 is 11.6 Å². The lowest BCUT2D eigenvalue weighted by molar-refractivity contribution is 0.137. The zero-order valence-corrected chi connectivity index (χ0v) is 9.35. The average molecular weight is 205 g/mol. The Balaban J connectivity index is 2.00. The number of hydrogen-bond donors (Lipinski definition) is 0. The first-order valence-corrected chi connectivity index (χ1v) is 5.98. The van der Waals surface area contributed by atoms with Gasteiger partial charge in [0.2, 0.25) is 0 Å². The van der Waals surface area contributed by atoms with Crippen LogP contribution in [0.4, 0.5) is 0 Å². The second kappa shape index (κ2) is 6.67. The number of alkyl halides is 1. The lowest BCUT2D eigenvalue weighted by atomic mass is 9.86. The molecule has 0 aromatic heterocycles. The molecule has 0 radical (unpaired) electrons. The molecule has 0 saturated heterocycles. The molecule has 0 aromatic rings. The van der Waals surface area contributed by atoms with Gasteiger partial charge in [0.1, 0.15) is 0 Å². The molecule has 0 aromatic carbocycles. The fourth-order valence-corrected chi connectivity index (χ4v) is 2.51. The van der Waals surface area contributed by atoms with Gasteiger partial charge in [0.25, 0.3) is 0 Å². The molecule has 2 heteroatoms. The molecule has 1 saturated carbocycles. The van der Waals surface area contributed by atoms with Crippen LogP contribution in [0.15, 0.2) is 0 Å². The largest absolute Gasteiger partial charge is 0.382 e. The Kier molecular flexibility index (Phi) is 5.81. The van der Waals surface area contributed by atoms with Gasteiger partial charge in [-0.2, -0.15) is 0 Å². The minimum atomic E-state index is 0.450. The summed E-state index contributed by atoms with van der Waals surface area (Å²) in [5.74, 6) is 0.872. The highest BCUT2D eigenvalue weighted by molar-refractivity contribution is 6.20. The number of rotatable bonds is 5. The lowest BCUT2D eigenvalue weighted by Gasteiger charge is -2.25. The van der Waals surface area contributed by atoms with Crippen LogP contribution in [0.1, 0.15) is 45.4 Å². The zero-order chi connectivity index (χ0) is 9.52. The van der Waals surface area contributed by atoms with E-state index in [4.69, 9.17) is 16.3 Å². The molecule has 2 atom stereocenters. The van der Waals surface area contributed by atoms with Crippen molar-refractivity contribution < 1.29 is 4.74 Å². The summed E-state index contributed by atoms with van der Waals surface area (Å²) in [6, 6.07) is 0. The molecule has 0 heterocycles. The van der Waals surface area contributed by atoms with Gasteiger partial charge in [0.05, 0.1) is 0 Å². The maximum atomic E-state index is 6.12. The summed E-state index contributed by atoms with van der Waals surface area (Å²) in [7, 11) is 0. The van der Waals surface area contributed by atoms with E-state index in [1.54, 1.807) is 0 Å². The van der Waals surface area contributed by atoms with Gasteiger partial charge in [0.15, 0.2) is 0 Å². The Labute approximate surface area is 86.8 Å². The normalized spacial score (nSPS) is 29.1. The SMILES string of the molecule is CCOCCCC1CCCC(Cl)C1. The molecule has 1 fully saturated rings. The highest BCUT2D eigenvalue weighted by Gasteiger charge is 2.19. The maximum absolute atomic E-state index is 6.12. The molecule has 1 aliphatic rings. The maximum Gasteiger partial charge on any atom is 0.0465 e. The molecule has 1 aliphatic carbocycles. The van der Waals surface area contributed by atoms with Crippen LogP contribution in [0.25, 0.3) is 0 Å². The van der Waals surface area contributed by atoms with Crippen LogP contribution in [-0.4, -0.2) is 18.6 Å². The van der Waals surface area contributed by atoms with Gasteiger partial charge >= 0.3 is 0 Å². The highest BCUT2D eigenvalue weighted by Crippen LogP contribution is 2.30. The van der Waals surface area contributed by atoms with Crippen molar-refractivity contribution in [2.45, 2.75) is 50.8 Å². The molecular formula is C11H21ClO. The predicted octanol–water partition coefficient (Wildman–Crippen LogP) is 3.60. The average Bonchev–Trinajstić information content (AvgIpc) is 2.13. The Morgan fingerprint density at radius 2 is 2.23 bits per heavy atom. The Morgan fingerprint density at radius 3 is 2.92 bits per heavy atom. The third kappa shape index (κ3) is 4.87. The van der Waals surface area contributed by atoms with Crippen LogP contribution >= 0.6 is 11.6 Å². The van der Waals surface area contributed by atoms with Crippen LogP contribution in [0.2, 0.25) is 0 Å². The van der Waals surface area contributed by atoms with Gasteiger partial charge in [-0.05, 0) is 38.5 Å². The topological polar surface area (TPSA) is 9.23 Å². The van der Waals surface area contributed by atoms with Gasteiger partial charge in [-0.25, -0.2) is 0 Å². The Bertz CT molecular complexity index is 127. The summed E-state index contributed by atoms with van der Waals surface area (Å²) in [5.41, 5.74) is 0. The molecule has 0 bridgehead atoms. The van der Waals surface area contributed by atoms with E-state index in [2.05, 4.69) is 6.92 Å². The van der Waals surface area contributed by atoms with Gasteiger partial charge in [-0.3, -0.25) is 0 Å². The third-order valence-electron chi connectivity index (χ3n) is 2.82. The molecular weight excluding hydrogens is 184 g/mol. The van der Waals surface area contributed by atoms with Gasteiger partial charge in [0, 0.05) is 18.6 Å². The smallest absolute Gasteiger partial charge is 0.0465 e. The third-order valence-corrected chi connectivity index (χ3v) is 3.22. The summed E-state index contributed by atoms with van der Waals surface area (Å²) in [6.45, 7) is 3.83. The fraction of sp³-hybridized carbons (Fsp3) is 1.00. The van der Waals surface area contributed by atoms with Crippen molar-refractivity contribution in [1.82, 2.24) is 0 Å². The van der Waals surface area contributed by atoms with Gasteiger partial charge in [-0.1, -0.05) is 12.8 Å². The van der Waals surface area contributed by atoms with E-state index in [1.807, 2.05) is 0 Å². The van der Waals surface area contributed by atoms with E-state index in [9.17, 15) is 0 Å². The van der Waals surface area contributed by atoms with Crippen molar-refractivity contribution in [1.29, 1.82) is 0 Å². The van der Waals surface area contributed by atoms with Crippen LogP contribution in [0, 0.1) is 5.92 Å². The van der Waals surface area contributed by atoms with Crippen molar-refractivity contribution in [3.05, 3.63) is 0 Å². The quantitative estimate of drug-likeness (QED) is 0.491. The van der Waals surface area contributed by atoms with Crippen LogP contribution in [-0.2, 0) is 4.74 Å². The van der Waals surface area contributed by atoms with E-state index in [0.717, 1.165) is 19.1 Å². The van der Waals surface area contributed by atoms with Crippen molar-refractivity contribution in [2.24, 2.45) is 5.92 Å². The van der Waals surface area contributed by atoms with Crippen molar-refractivity contribution in [3.63, 3.8) is 0 Å². The zero-order valence-electron chi connectivity index (χ0n) is 8.60. The fourth-order valence-electron chi connectivity index (χ4n) is 2.11. The number of halogens is 1. The van der Waals surface area contributed by atoms with Crippen LogP contribution in [0.3, 0.4) is 0 Å². The monoisotopic (exact) mass is 204 g/mol. The molecule has 78 valence electrons. The van der Waals surface area contributed by atoms with E-state index in [1.165, 1.54) is 38.5 Å². The Morgan fingerprint density at radius 1 is 1.38 bits per heavy atom. The summed E-state index contributed by atoms with van der Waals surface area (Å²) >= 11 is 6.12. The van der Waals surface area contributed by atoms with Crippen LogP contribution < -0.4 is 0 Å². The Hall–Kier alpha value is 0.250. The van der Waals surface area contributed by atoms with Crippen molar-refractivity contribution in [2.75, 3.05) is 13.2 Å². The van der Waals surface area contributed by atoms with E-state index >= 15 is 0 Å². The van der Waals surface area contributed by atoms with Gasteiger partial charge in [-0.15, -0.1) is 11.6 Å². The van der Waals surface area contributed by atoms with Crippen molar-refractivity contribution in [3.8, 4) is 0 Å². The molecule has 0 aliphatic heterocycles. The second-order valence-electron chi connectivity index (χ2n) is 3.97. The van der Waals surface area contributed by atoms with E-state index in [-0.39, 0.29) is 0 Å². The van der Waals surface area contributed by atoms with Crippen LogP contribution in [0.5, 0.6) is 0 Å². The molecule has 0 spiro atoms. The summed E-state index contributed by atoms with van der Waals surface area (Å²) in [6.07, 6.45) is 7.69. The molecule has 2 unspecified atom stereocenters. The minimum Gasteiger partial charge on any atom is -0.382 e. The first-order chi connectivity index (χ1) is 6.33. The summed E-state index contributed by atoms with van der Waals surface area (Å²) in [4.78, 5) is 0. The first-order valence-electron chi connectivity index (χ1n) is 5.54. The lowest BCUT2D eigenvalue weighted by Crippen LogP contribution is -2.15. The summed E-state index contributed by atoms with van der Waals surface area (Å²) in [5, 5.41) is 0.450. The molecule has 0 amide bonds. The second-order valence-corrected chi connectivity index (χ2v) is 4.59. The molecule has 1 rings (SSSR count). The van der Waals surface area contributed by atoms with E-state index < -0.39 is 0 Å². The summed E-state index contributed by atoms with van der Waals surface area (Å²) < 4.78 is 5.32. The minimum absolute atomic E-state index is 0.450. The number of hydrogen-bond acceptors (Lipinski definition) is 1. The molecule has 13 heavy (non-hydrogen) atoms. The standard InChI is InChI=1S/C11H21ClO/c1-2-13-8-4-6-10-5-3-7-11(12)9-10/h10-11H,2-9H2,1H3. The van der Waals surface area contributed by atoms with E-state index in [0.29, 0.717) is 5.38 Å². The van der Waals surface area contributed by atoms with Gasteiger partial charge < -0.3 is 4.74 Å².